The number of aryl methyl sites for hydroxylation is 1. The predicted octanol–water partition coefficient (Wildman–Crippen LogP) is 3.86. The Morgan fingerprint density at radius 2 is 1.82 bits per heavy atom. The number of rotatable bonds is 0. The number of hydrogen-bond donors (Lipinski definition) is 0. The second kappa shape index (κ2) is 3.64. The van der Waals surface area contributed by atoms with E-state index < -0.39 is 5.82 Å². The first kappa shape index (κ1) is 10.4. The third-order valence-electron chi connectivity index (χ3n) is 2.88. The van der Waals surface area contributed by atoms with Crippen LogP contribution >= 0.6 is 11.3 Å². The highest BCUT2D eigenvalue weighted by Gasteiger charge is 2.11. The molecule has 1 aromatic heterocycles. The normalized spacial score (nSPS) is 11.2. The zero-order valence-electron chi connectivity index (χ0n) is 9.16. The van der Waals surface area contributed by atoms with Crippen molar-refractivity contribution in [1.29, 1.82) is 0 Å². The summed E-state index contributed by atoms with van der Waals surface area (Å²) in [4.78, 5) is 12.2. The Labute approximate surface area is 101 Å². The van der Waals surface area contributed by atoms with Gasteiger partial charge in [0.2, 0.25) is 0 Å². The lowest BCUT2D eigenvalue weighted by atomic mass is 10.1. The van der Waals surface area contributed by atoms with Crippen molar-refractivity contribution in [1.82, 2.24) is 0 Å². The fourth-order valence-corrected chi connectivity index (χ4v) is 3.03. The Morgan fingerprint density at radius 1 is 1.06 bits per heavy atom. The first-order valence-corrected chi connectivity index (χ1v) is 6.11. The van der Waals surface area contributed by atoms with E-state index in [1.165, 1.54) is 11.3 Å². The van der Waals surface area contributed by atoms with E-state index in [1.54, 1.807) is 25.1 Å². The molecule has 0 spiro atoms. The SMILES string of the molecule is Cc1ccc2sc3ccccc3c(=O)c2c1F. The number of hydrogen-bond acceptors (Lipinski definition) is 2. The molecule has 1 heterocycles. The molecule has 17 heavy (non-hydrogen) atoms. The topological polar surface area (TPSA) is 17.1 Å². The maximum absolute atomic E-state index is 14.0. The van der Waals surface area contributed by atoms with Gasteiger partial charge >= 0.3 is 0 Å². The summed E-state index contributed by atoms with van der Waals surface area (Å²) in [7, 11) is 0. The molecule has 0 amide bonds. The van der Waals surface area contributed by atoms with Gasteiger partial charge in [-0.25, -0.2) is 4.39 Å². The molecule has 3 rings (SSSR count). The van der Waals surface area contributed by atoms with E-state index in [9.17, 15) is 9.18 Å². The van der Waals surface area contributed by atoms with Gasteiger partial charge in [0, 0.05) is 14.8 Å². The van der Waals surface area contributed by atoms with Crippen LogP contribution in [0.1, 0.15) is 5.56 Å². The summed E-state index contributed by atoms with van der Waals surface area (Å²) >= 11 is 1.45. The Kier molecular flexibility index (Phi) is 2.23. The van der Waals surface area contributed by atoms with Crippen molar-refractivity contribution in [3.63, 3.8) is 0 Å². The first-order valence-electron chi connectivity index (χ1n) is 5.29. The maximum Gasteiger partial charge on any atom is 0.198 e. The molecular weight excluding hydrogens is 235 g/mol. The van der Waals surface area contributed by atoms with Crippen LogP contribution in [0.2, 0.25) is 0 Å². The molecule has 3 heteroatoms. The van der Waals surface area contributed by atoms with Crippen molar-refractivity contribution in [2.24, 2.45) is 0 Å². The summed E-state index contributed by atoms with van der Waals surface area (Å²) < 4.78 is 15.6. The van der Waals surface area contributed by atoms with Crippen molar-refractivity contribution in [3.05, 3.63) is 58.0 Å². The molecule has 2 aromatic carbocycles. The lowest BCUT2D eigenvalue weighted by molar-refractivity contribution is 0.630. The molecule has 0 saturated carbocycles. The second-order valence-corrected chi connectivity index (χ2v) is 5.08. The standard InChI is InChI=1S/C14H9FOS/c1-8-6-7-11-12(13(8)15)14(16)9-4-2-3-5-10(9)17-11/h2-7H,1H3. The molecule has 0 N–H and O–H groups in total. The third-order valence-corrected chi connectivity index (χ3v) is 4.01. The van der Waals surface area contributed by atoms with E-state index in [-0.39, 0.29) is 10.8 Å². The van der Waals surface area contributed by atoms with E-state index in [0.29, 0.717) is 15.6 Å². The smallest absolute Gasteiger partial charge is 0.198 e. The minimum atomic E-state index is -0.394. The Bertz CT molecular complexity index is 789. The quantitative estimate of drug-likeness (QED) is 0.549. The summed E-state index contributed by atoms with van der Waals surface area (Å²) in [6.07, 6.45) is 0. The number of benzene rings is 2. The van der Waals surface area contributed by atoms with Gasteiger partial charge in [-0.15, -0.1) is 11.3 Å². The molecule has 0 saturated heterocycles. The molecule has 0 unspecified atom stereocenters. The molecule has 84 valence electrons. The summed E-state index contributed by atoms with van der Waals surface area (Å²) in [6, 6.07) is 10.8. The monoisotopic (exact) mass is 244 g/mol. The average molecular weight is 244 g/mol. The third kappa shape index (κ3) is 1.46. The largest absolute Gasteiger partial charge is 0.288 e. The predicted molar refractivity (Wildman–Crippen MR) is 70.3 cm³/mol. The van der Waals surface area contributed by atoms with Crippen molar-refractivity contribution in [2.75, 3.05) is 0 Å². The van der Waals surface area contributed by atoms with E-state index in [2.05, 4.69) is 0 Å². The molecule has 0 aliphatic rings. The molecule has 1 nitrogen and oxygen atoms in total. The van der Waals surface area contributed by atoms with Crippen LogP contribution in [0.25, 0.3) is 20.2 Å². The van der Waals surface area contributed by atoms with Crippen molar-refractivity contribution in [2.45, 2.75) is 6.92 Å². The Balaban J connectivity index is 2.66. The van der Waals surface area contributed by atoms with Crippen LogP contribution in [-0.4, -0.2) is 0 Å². The van der Waals surface area contributed by atoms with E-state index in [1.807, 2.05) is 18.2 Å². The first-order chi connectivity index (χ1) is 8.18. The molecule has 0 aliphatic carbocycles. The number of fused-ring (bicyclic) bond motifs is 2. The highest BCUT2D eigenvalue weighted by Crippen LogP contribution is 2.27. The maximum atomic E-state index is 14.0. The summed E-state index contributed by atoms with van der Waals surface area (Å²) in [5, 5.41) is 0.809. The zero-order chi connectivity index (χ0) is 12.0. The average Bonchev–Trinajstić information content (AvgIpc) is 2.34. The molecular formula is C14H9FOS. The minimum Gasteiger partial charge on any atom is -0.288 e. The molecule has 0 radical (unpaired) electrons. The van der Waals surface area contributed by atoms with Gasteiger partial charge in [-0.2, -0.15) is 0 Å². The lowest BCUT2D eigenvalue weighted by Gasteiger charge is -2.03. The summed E-state index contributed by atoms with van der Waals surface area (Å²) in [6.45, 7) is 1.67. The fourth-order valence-electron chi connectivity index (χ4n) is 1.96. The Hall–Kier alpha value is -1.74. The highest BCUT2D eigenvalue weighted by molar-refractivity contribution is 7.24. The molecule has 0 fully saturated rings. The lowest BCUT2D eigenvalue weighted by Crippen LogP contribution is -2.04. The Morgan fingerprint density at radius 3 is 2.65 bits per heavy atom. The van der Waals surface area contributed by atoms with Gasteiger partial charge in [-0.05, 0) is 30.7 Å². The molecule has 0 bridgehead atoms. The van der Waals surface area contributed by atoms with Crippen LogP contribution in [0, 0.1) is 12.7 Å². The van der Waals surface area contributed by atoms with Crippen LogP contribution in [0.5, 0.6) is 0 Å². The van der Waals surface area contributed by atoms with Gasteiger partial charge in [0.25, 0.3) is 0 Å². The van der Waals surface area contributed by atoms with Crippen LogP contribution < -0.4 is 5.43 Å². The van der Waals surface area contributed by atoms with Gasteiger partial charge in [-0.3, -0.25) is 4.79 Å². The fraction of sp³-hybridized carbons (Fsp3) is 0.0714. The molecule has 3 aromatic rings. The van der Waals surface area contributed by atoms with Crippen LogP contribution in [0.3, 0.4) is 0 Å². The highest BCUT2D eigenvalue weighted by atomic mass is 32.1. The molecule has 0 atom stereocenters. The van der Waals surface area contributed by atoms with Gasteiger partial charge in [-0.1, -0.05) is 18.2 Å². The van der Waals surface area contributed by atoms with Gasteiger partial charge in [0.1, 0.15) is 5.82 Å². The summed E-state index contributed by atoms with van der Waals surface area (Å²) in [5.74, 6) is -0.394. The van der Waals surface area contributed by atoms with E-state index in [0.717, 1.165) is 4.70 Å². The van der Waals surface area contributed by atoms with Crippen molar-refractivity contribution in [3.8, 4) is 0 Å². The van der Waals surface area contributed by atoms with Crippen molar-refractivity contribution >= 4 is 31.5 Å². The van der Waals surface area contributed by atoms with E-state index in [4.69, 9.17) is 0 Å². The minimum absolute atomic E-state index is 0.212. The molecule has 0 aliphatic heterocycles. The van der Waals surface area contributed by atoms with Gasteiger partial charge in [0.05, 0.1) is 5.39 Å². The zero-order valence-corrected chi connectivity index (χ0v) is 9.98. The van der Waals surface area contributed by atoms with E-state index >= 15 is 0 Å². The van der Waals surface area contributed by atoms with Crippen LogP contribution in [0.4, 0.5) is 4.39 Å². The van der Waals surface area contributed by atoms with Crippen LogP contribution in [-0.2, 0) is 0 Å². The van der Waals surface area contributed by atoms with Crippen LogP contribution in [0.15, 0.2) is 41.2 Å². The van der Waals surface area contributed by atoms with Gasteiger partial charge < -0.3 is 0 Å². The number of halogens is 1. The van der Waals surface area contributed by atoms with Crippen molar-refractivity contribution < 1.29 is 4.39 Å². The van der Waals surface area contributed by atoms with Gasteiger partial charge in [0.15, 0.2) is 5.43 Å². The summed E-state index contributed by atoms with van der Waals surface area (Å²) in [5.41, 5.74) is 0.299. The second-order valence-electron chi connectivity index (χ2n) is 4.00.